The summed E-state index contributed by atoms with van der Waals surface area (Å²) in [6, 6.07) is 12.1. The van der Waals surface area contributed by atoms with Gasteiger partial charge in [-0.05, 0) is 37.5 Å². The Labute approximate surface area is 114 Å². The zero-order valence-electron chi connectivity index (χ0n) is 11.5. The molecule has 0 amide bonds. The van der Waals surface area contributed by atoms with Gasteiger partial charge >= 0.3 is 0 Å². The molecule has 0 spiro atoms. The van der Waals surface area contributed by atoms with Gasteiger partial charge in [-0.1, -0.05) is 31.2 Å². The molecular formula is C16H20N2O. The summed E-state index contributed by atoms with van der Waals surface area (Å²) < 4.78 is 5.97. The van der Waals surface area contributed by atoms with Crippen molar-refractivity contribution < 1.29 is 4.74 Å². The second kappa shape index (κ2) is 6.34. The van der Waals surface area contributed by atoms with E-state index in [0.717, 1.165) is 24.2 Å². The number of hydrogen-bond acceptors (Lipinski definition) is 3. The van der Waals surface area contributed by atoms with E-state index in [0.29, 0.717) is 5.88 Å². The Balaban J connectivity index is 2.27. The van der Waals surface area contributed by atoms with Gasteiger partial charge in [-0.25, -0.2) is 4.98 Å². The number of nitrogens with two attached hydrogens (primary N) is 1. The summed E-state index contributed by atoms with van der Waals surface area (Å²) in [5.41, 5.74) is 8.08. The van der Waals surface area contributed by atoms with E-state index in [1.807, 2.05) is 37.3 Å². The van der Waals surface area contributed by atoms with Gasteiger partial charge in [0.25, 0.3) is 0 Å². The molecule has 0 fully saturated rings. The highest BCUT2D eigenvalue weighted by Crippen LogP contribution is 2.27. The van der Waals surface area contributed by atoms with Gasteiger partial charge in [0.1, 0.15) is 5.75 Å². The standard InChI is InChI=1S/C16H20N2O/c1-3-13-7-4-5-9-15(13)19-16-14(11-12(2)17)8-6-10-18-16/h4-10,12H,3,11,17H2,1-2H3. The Morgan fingerprint density at radius 3 is 2.63 bits per heavy atom. The summed E-state index contributed by atoms with van der Waals surface area (Å²) >= 11 is 0. The molecule has 0 aliphatic rings. The van der Waals surface area contributed by atoms with Crippen LogP contribution in [-0.4, -0.2) is 11.0 Å². The van der Waals surface area contributed by atoms with E-state index in [-0.39, 0.29) is 6.04 Å². The zero-order chi connectivity index (χ0) is 13.7. The molecule has 3 nitrogen and oxygen atoms in total. The first kappa shape index (κ1) is 13.6. The fraction of sp³-hybridized carbons (Fsp3) is 0.312. The molecule has 0 radical (unpaired) electrons. The number of nitrogens with zero attached hydrogens (tertiary/aromatic N) is 1. The van der Waals surface area contributed by atoms with Crippen LogP contribution in [0.15, 0.2) is 42.6 Å². The van der Waals surface area contributed by atoms with Crippen molar-refractivity contribution in [3.8, 4) is 11.6 Å². The molecule has 0 aliphatic heterocycles. The van der Waals surface area contributed by atoms with Crippen LogP contribution in [0.2, 0.25) is 0 Å². The third-order valence-corrected chi connectivity index (χ3v) is 2.95. The van der Waals surface area contributed by atoms with Crippen molar-refractivity contribution in [2.75, 3.05) is 0 Å². The van der Waals surface area contributed by atoms with Crippen LogP contribution in [-0.2, 0) is 12.8 Å². The molecule has 2 N–H and O–H groups in total. The van der Waals surface area contributed by atoms with Gasteiger partial charge in [-0.3, -0.25) is 0 Å². The molecule has 2 aromatic rings. The number of rotatable bonds is 5. The van der Waals surface area contributed by atoms with Crippen LogP contribution in [0.25, 0.3) is 0 Å². The van der Waals surface area contributed by atoms with E-state index in [2.05, 4.69) is 18.0 Å². The number of ether oxygens (including phenoxy) is 1. The lowest BCUT2D eigenvalue weighted by Gasteiger charge is -2.13. The van der Waals surface area contributed by atoms with E-state index in [4.69, 9.17) is 10.5 Å². The largest absolute Gasteiger partial charge is 0.438 e. The molecular weight excluding hydrogens is 236 g/mol. The Kier molecular flexibility index (Phi) is 4.53. The fourth-order valence-electron chi connectivity index (χ4n) is 2.02. The highest BCUT2D eigenvalue weighted by atomic mass is 16.5. The minimum absolute atomic E-state index is 0.0907. The van der Waals surface area contributed by atoms with Gasteiger partial charge in [0.2, 0.25) is 5.88 Å². The highest BCUT2D eigenvalue weighted by Gasteiger charge is 2.09. The highest BCUT2D eigenvalue weighted by molar-refractivity contribution is 5.38. The van der Waals surface area contributed by atoms with E-state index >= 15 is 0 Å². The van der Waals surface area contributed by atoms with Crippen molar-refractivity contribution in [3.05, 3.63) is 53.7 Å². The third-order valence-electron chi connectivity index (χ3n) is 2.95. The summed E-state index contributed by atoms with van der Waals surface area (Å²) in [5.74, 6) is 1.52. The van der Waals surface area contributed by atoms with Crippen molar-refractivity contribution >= 4 is 0 Å². The van der Waals surface area contributed by atoms with Crippen LogP contribution < -0.4 is 10.5 Å². The van der Waals surface area contributed by atoms with Crippen LogP contribution in [0, 0.1) is 0 Å². The summed E-state index contributed by atoms with van der Waals surface area (Å²) in [6.45, 7) is 4.10. The fourth-order valence-corrected chi connectivity index (χ4v) is 2.02. The van der Waals surface area contributed by atoms with E-state index in [1.165, 1.54) is 5.56 Å². The minimum Gasteiger partial charge on any atom is -0.438 e. The van der Waals surface area contributed by atoms with E-state index in [1.54, 1.807) is 6.20 Å². The second-order valence-electron chi connectivity index (χ2n) is 4.71. The van der Waals surface area contributed by atoms with Crippen molar-refractivity contribution in [2.24, 2.45) is 5.73 Å². The molecule has 0 aliphatic carbocycles. The van der Waals surface area contributed by atoms with Gasteiger partial charge in [0, 0.05) is 17.8 Å². The molecule has 0 saturated heterocycles. The van der Waals surface area contributed by atoms with Gasteiger partial charge in [0.05, 0.1) is 0 Å². The number of benzene rings is 1. The smallest absolute Gasteiger partial charge is 0.222 e. The number of aryl methyl sites for hydroxylation is 1. The molecule has 19 heavy (non-hydrogen) atoms. The number of para-hydroxylation sites is 1. The van der Waals surface area contributed by atoms with Crippen LogP contribution in [0.3, 0.4) is 0 Å². The quantitative estimate of drug-likeness (QED) is 0.892. The van der Waals surface area contributed by atoms with E-state index < -0.39 is 0 Å². The topological polar surface area (TPSA) is 48.1 Å². The Morgan fingerprint density at radius 1 is 1.16 bits per heavy atom. The maximum Gasteiger partial charge on any atom is 0.222 e. The molecule has 1 aromatic heterocycles. The monoisotopic (exact) mass is 256 g/mol. The molecule has 1 heterocycles. The average molecular weight is 256 g/mol. The molecule has 1 atom stereocenters. The lowest BCUT2D eigenvalue weighted by molar-refractivity contribution is 0.449. The molecule has 1 aromatic carbocycles. The van der Waals surface area contributed by atoms with Crippen LogP contribution in [0.1, 0.15) is 25.0 Å². The minimum atomic E-state index is 0.0907. The van der Waals surface area contributed by atoms with Crippen molar-refractivity contribution in [1.82, 2.24) is 4.98 Å². The van der Waals surface area contributed by atoms with Crippen molar-refractivity contribution in [1.29, 1.82) is 0 Å². The molecule has 1 unspecified atom stereocenters. The molecule has 100 valence electrons. The lowest BCUT2D eigenvalue weighted by atomic mass is 10.1. The summed E-state index contributed by atoms with van der Waals surface area (Å²) in [6.07, 6.45) is 3.44. The first-order chi connectivity index (χ1) is 9.20. The van der Waals surface area contributed by atoms with Gasteiger partial charge in [0.15, 0.2) is 0 Å². The number of aromatic nitrogens is 1. The molecule has 3 heteroatoms. The Bertz CT molecular complexity index is 538. The zero-order valence-corrected chi connectivity index (χ0v) is 11.5. The molecule has 0 bridgehead atoms. The van der Waals surface area contributed by atoms with Gasteiger partial charge in [-0.15, -0.1) is 0 Å². The normalized spacial score (nSPS) is 12.2. The van der Waals surface area contributed by atoms with Crippen LogP contribution in [0.4, 0.5) is 0 Å². The predicted octanol–water partition coefficient (Wildman–Crippen LogP) is 3.33. The number of pyridine rings is 1. The molecule has 2 rings (SSSR count). The second-order valence-corrected chi connectivity index (χ2v) is 4.71. The summed E-state index contributed by atoms with van der Waals surface area (Å²) in [5, 5.41) is 0. The SMILES string of the molecule is CCc1ccccc1Oc1ncccc1CC(C)N. The van der Waals surface area contributed by atoms with Crippen molar-refractivity contribution in [3.63, 3.8) is 0 Å². The van der Waals surface area contributed by atoms with Crippen molar-refractivity contribution in [2.45, 2.75) is 32.7 Å². The maximum atomic E-state index is 5.97. The first-order valence-corrected chi connectivity index (χ1v) is 6.66. The Hall–Kier alpha value is -1.87. The Morgan fingerprint density at radius 2 is 1.89 bits per heavy atom. The number of hydrogen-bond donors (Lipinski definition) is 1. The third kappa shape index (κ3) is 3.55. The van der Waals surface area contributed by atoms with Gasteiger partial charge in [-0.2, -0.15) is 0 Å². The average Bonchev–Trinajstić information content (AvgIpc) is 2.41. The first-order valence-electron chi connectivity index (χ1n) is 6.66. The predicted molar refractivity (Wildman–Crippen MR) is 77.5 cm³/mol. The summed E-state index contributed by atoms with van der Waals surface area (Å²) in [4.78, 5) is 4.32. The molecule has 0 saturated carbocycles. The van der Waals surface area contributed by atoms with Gasteiger partial charge < -0.3 is 10.5 Å². The summed E-state index contributed by atoms with van der Waals surface area (Å²) in [7, 11) is 0. The van der Waals surface area contributed by atoms with E-state index in [9.17, 15) is 0 Å². The maximum absolute atomic E-state index is 5.97. The lowest BCUT2D eigenvalue weighted by Crippen LogP contribution is -2.18. The van der Waals surface area contributed by atoms with Crippen LogP contribution >= 0.6 is 0 Å². The van der Waals surface area contributed by atoms with Crippen LogP contribution in [0.5, 0.6) is 11.6 Å².